The van der Waals surface area contributed by atoms with Gasteiger partial charge in [0.25, 0.3) is 5.91 Å². The number of hydrogen-bond donors (Lipinski definition) is 0. The van der Waals surface area contributed by atoms with Crippen molar-refractivity contribution in [2.45, 2.75) is 52.1 Å². The fourth-order valence-corrected chi connectivity index (χ4v) is 1.79. The summed E-state index contributed by atoms with van der Waals surface area (Å²) in [6.45, 7) is 4.93. The molecule has 1 aliphatic heterocycles. The average molecular weight is 227 g/mol. The second-order valence-electron chi connectivity index (χ2n) is 4.23. The monoisotopic (exact) mass is 227 g/mol. The summed E-state index contributed by atoms with van der Waals surface area (Å²) in [4.78, 5) is 24.9. The maximum absolute atomic E-state index is 11.9. The lowest BCUT2D eigenvalue weighted by atomic mass is 10.1. The predicted octanol–water partition coefficient (Wildman–Crippen LogP) is 1.73. The van der Waals surface area contributed by atoms with E-state index in [0.717, 1.165) is 25.7 Å². The van der Waals surface area contributed by atoms with Gasteiger partial charge in [-0.2, -0.15) is 0 Å². The molecule has 0 bridgehead atoms. The van der Waals surface area contributed by atoms with Gasteiger partial charge in [-0.15, -0.1) is 0 Å². The summed E-state index contributed by atoms with van der Waals surface area (Å²) in [5, 5.41) is 0. The van der Waals surface area contributed by atoms with Gasteiger partial charge in [-0.25, -0.2) is 0 Å². The fourth-order valence-electron chi connectivity index (χ4n) is 1.79. The molecule has 0 radical (unpaired) electrons. The molecule has 1 heterocycles. The Morgan fingerprint density at radius 2 is 1.94 bits per heavy atom. The molecule has 16 heavy (non-hydrogen) atoms. The van der Waals surface area contributed by atoms with E-state index in [-0.39, 0.29) is 18.4 Å². The maximum Gasteiger partial charge on any atom is 0.326 e. The first-order chi connectivity index (χ1) is 7.69. The SMILES string of the molecule is CCCCC1OC(=O)CN(CCCC)C1=O. The van der Waals surface area contributed by atoms with E-state index in [0.29, 0.717) is 13.0 Å². The topological polar surface area (TPSA) is 46.6 Å². The third-order valence-corrected chi connectivity index (χ3v) is 2.78. The summed E-state index contributed by atoms with van der Waals surface area (Å²) >= 11 is 0. The summed E-state index contributed by atoms with van der Waals surface area (Å²) in [6.07, 6.45) is 4.03. The van der Waals surface area contributed by atoms with Crippen LogP contribution in [-0.2, 0) is 14.3 Å². The Bertz CT molecular complexity index is 231. The number of ether oxygens (including phenoxy) is 1. The number of rotatable bonds is 6. The molecule has 1 aliphatic rings. The molecule has 1 unspecified atom stereocenters. The lowest BCUT2D eigenvalue weighted by Crippen LogP contribution is -2.50. The summed E-state index contributed by atoms with van der Waals surface area (Å²) in [5.74, 6) is -0.279. The van der Waals surface area contributed by atoms with Gasteiger partial charge in [0.05, 0.1) is 0 Å². The van der Waals surface area contributed by atoms with Gasteiger partial charge in [0.1, 0.15) is 6.54 Å². The van der Waals surface area contributed by atoms with Crippen LogP contribution in [0.5, 0.6) is 0 Å². The molecule has 4 nitrogen and oxygen atoms in total. The number of amides is 1. The summed E-state index contributed by atoms with van der Waals surface area (Å²) in [6, 6.07) is 0. The number of unbranched alkanes of at least 4 members (excludes halogenated alkanes) is 2. The van der Waals surface area contributed by atoms with E-state index < -0.39 is 6.10 Å². The molecule has 1 fully saturated rings. The Hall–Kier alpha value is -1.06. The normalized spacial score (nSPS) is 21.1. The van der Waals surface area contributed by atoms with Gasteiger partial charge in [0.2, 0.25) is 0 Å². The van der Waals surface area contributed by atoms with Crippen LogP contribution in [0, 0.1) is 0 Å². The molecular formula is C12H21NO3. The third-order valence-electron chi connectivity index (χ3n) is 2.78. The Labute approximate surface area is 96.9 Å². The van der Waals surface area contributed by atoms with Crippen LogP contribution >= 0.6 is 0 Å². The summed E-state index contributed by atoms with van der Waals surface area (Å²) in [7, 11) is 0. The Kier molecular flexibility index (Phi) is 5.29. The van der Waals surface area contributed by atoms with E-state index in [1.807, 2.05) is 0 Å². The second kappa shape index (κ2) is 6.51. The van der Waals surface area contributed by atoms with Crippen LogP contribution < -0.4 is 0 Å². The van der Waals surface area contributed by atoms with Crippen LogP contribution in [0.4, 0.5) is 0 Å². The molecule has 0 spiro atoms. The van der Waals surface area contributed by atoms with E-state index in [4.69, 9.17) is 4.74 Å². The number of carbonyl (C=O) groups excluding carboxylic acids is 2. The van der Waals surface area contributed by atoms with Crippen molar-refractivity contribution in [2.75, 3.05) is 13.1 Å². The molecule has 92 valence electrons. The standard InChI is InChI=1S/C12H21NO3/c1-3-5-7-10-12(15)13(8-6-4-2)9-11(14)16-10/h10H,3-9H2,1-2H3. The molecule has 1 atom stereocenters. The van der Waals surface area contributed by atoms with E-state index in [1.165, 1.54) is 0 Å². The molecule has 0 saturated carbocycles. The van der Waals surface area contributed by atoms with Crippen molar-refractivity contribution in [2.24, 2.45) is 0 Å². The van der Waals surface area contributed by atoms with E-state index in [2.05, 4.69) is 13.8 Å². The van der Waals surface area contributed by atoms with Gasteiger partial charge in [-0.1, -0.05) is 26.7 Å². The minimum atomic E-state index is -0.530. The molecule has 1 amide bonds. The molecular weight excluding hydrogens is 206 g/mol. The van der Waals surface area contributed by atoms with Crippen molar-refractivity contribution in [1.82, 2.24) is 4.90 Å². The highest BCUT2D eigenvalue weighted by Gasteiger charge is 2.33. The highest BCUT2D eigenvalue weighted by Crippen LogP contribution is 2.14. The van der Waals surface area contributed by atoms with Crippen LogP contribution in [0.1, 0.15) is 46.0 Å². The fraction of sp³-hybridized carbons (Fsp3) is 0.833. The minimum absolute atomic E-state index is 0.0125. The molecule has 0 N–H and O–H groups in total. The number of cyclic esters (lactones) is 1. The lowest BCUT2D eigenvalue weighted by Gasteiger charge is -2.31. The van der Waals surface area contributed by atoms with Crippen molar-refractivity contribution in [3.63, 3.8) is 0 Å². The van der Waals surface area contributed by atoms with Crippen molar-refractivity contribution in [1.29, 1.82) is 0 Å². The van der Waals surface area contributed by atoms with Crippen LogP contribution in [0.2, 0.25) is 0 Å². The number of nitrogens with zero attached hydrogens (tertiary/aromatic N) is 1. The van der Waals surface area contributed by atoms with Crippen LogP contribution in [-0.4, -0.2) is 36.0 Å². The minimum Gasteiger partial charge on any atom is -0.451 e. The van der Waals surface area contributed by atoms with Crippen molar-refractivity contribution < 1.29 is 14.3 Å². The highest BCUT2D eigenvalue weighted by molar-refractivity contribution is 5.90. The van der Waals surface area contributed by atoms with Crippen LogP contribution in [0.15, 0.2) is 0 Å². The average Bonchev–Trinajstić information content (AvgIpc) is 2.28. The number of carbonyl (C=O) groups is 2. The van der Waals surface area contributed by atoms with E-state index in [9.17, 15) is 9.59 Å². The van der Waals surface area contributed by atoms with Crippen molar-refractivity contribution in [3.05, 3.63) is 0 Å². The van der Waals surface area contributed by atoms with Gasteiger partial charge in [-0.05, 0) is 19.3 Å². The Morgan fingerprint density at radius 3 is 2.56 bits per heavy atom. The zero-order chi connectivity index (χ0) is 12.0. The Balaban J connectivity index is 2.51. The van der Waals surface area contributed by atoms with Gasteiger partial charge < -0.3 is 9.64 Å². The molecule has 0 aromatic heterocycles. The zero-order valence-corrected chi connectivity index (χ0v) is 10.2. The number of hydrogen-bond acceptors (Lipinski definition) is 3. The number of morpholine rings is 1. The predicted molar refractivity (Wildman–Crippen MR) is 60.9 cm³/mol. The van der Waals surface area contributed by atoms with Crippen LogP contribution in [0.3, 0.4) is 0 Å². The summed E-state index contributed by atoms with van der Waals surface area (Å²) < 4.78 is 5.08. The smallest absolute Gasteiger partial charge is 0.326 e. The first-order valence-corrected chi connectivity index (χ1v) is 6.17. The zero-order valence-electron chi connectivity index (χ0n) is 10.2. The molecule has 1 saturated heterocycles. The first-order valence-electron chi connectivity index (χ1n) is 6.17. The first kappa shape index (κ1) is 13.0. The third kappa shape index (κ3) is 3.51. The van der Waals surface area contributed by atoms with Crippen molar-refractivity contribution in [3.8, 4) is 0 Å². The lowest BCUT2D eigenvalue weighted by molar-refractivity contribution is -0.172. The molecule has 0 aromatic rings. The van der Waals surface area contributed by atoms with E-state index >= 15 is 0 Å². The van der Waals surface area contributed by atoms with Gasteiger partial charge >= 0.3 is 5.97 Å². The largest absolute Gasteiger partial charge is 0.451 e. The quantitative estimate of drug-likeness (QED) is 0.649. The maximum atomic E-state index is 11.9. The molecule has 0 aliphatic carbocycles. The highest BCUT2D eigenvalue weighted by atomic mass is 16.6. The van der Waals surface area contributed by atoms with Crippen molar-refractivity contribution >= 4 is 11.9 Å². The molecule has 0 aromatic carbocycles. The second-order valence-corrected chi connectivity index (χ2v) is 4.23. The van der Waals surface area contributed by atoms with Gasteiger partial charge in [0, 0.05) is 6.54 Å². The van der Waals surface area contributed by atoms with Gasteiger partial charge in [-0.3, -0.25) is 9.59 Å². The Morgan fingerprint density at radius 1 is 1.25 bits per heavy atom. The van der Waals surface area contributed by atoms with Gasteiger partial charge in [0.15, 0.2) is 6.10 Å². The van der Waals surface area contributed by atoms with Crippen LogP contribution in [0.25, 0.3) is 0 Å². The molecule has 4 heteroatoms. The molecule has 1 rings (SSSR count). The summed E-state index contributed by atoms with van der Waals surface area (Å²) in [5.41, 5.74) is 0. The van der Waals surface area contributed by atoms with E-state index in [1.54, 1.807) is 4.90 Å². The number of esters is 1.